The highest BCUT2D eigenvalue weighted by atomic mass is 32.1. The van der Waals surface area contributed by atoms with Crippen molar-refractivity contribution in [2.75, 3.05) is 20.2 Å². The van der Waals surface area contributed by atoms with Crippen LogP contribution in [0, 0.1) is 0 Å². The van der Waals surface area contributed by atoms with Gasteiger partial charge in [0.25, 0.3) is 5.91 Å². The van der Waals surface area contributed by atoms with Crippen LogP contribution in [0.1, 0.15) is 34.3 Å². The second-order valence-corrected chi connectivity index (χ2v) is 7.18. The molecule has 3 aromatic rings. The molecule has 26 heavy (non-hydrogen) atoms. The Kier molecular flexibility index (Phi) is 4.71. The number of amides is 1. The fourth-order valence-corrected chi connectivity index (χ4v) is 3.86. The number of carbonyl (C=O) groups excluding carboxylic acids is 1. The minimum Gasteiger partial charge on any atom is -0.497 e. The van der Waals surface area contributed by atoms with E-state index in [0.717, 1.165) is 29.0 Å². The van der Waals surface area contributed by atoms with Crippen LogP contribution in [0.3, 0.4) is 0 Å². The van der Waals surface area contributed by atoms with Gasteiger partial charge < -0.3 is 14.2 Å². The molecule has 4 rings (SSSR count). The maximum absolute atomic E-state index is 12.4. The topological polar surface area (TPSA) is 68.5 Å². The van der Waals surface area contributed by atoms with Crippen LogP contribution in [0.2, 0.25) is 0 Å². The maximum Gasteiger partial charge on any atom is 0.263 e. The van der Waals surface area contributed by atoms with Gasteiger partial charge in [-0.1, -0.05) is 23.4 Å². The van der Waals surface area contributed by atoms with Crippen molar-refractivity contribution in [3.8, 4) is 17.1 Å². The number of hydrogen-bond donors (Lipinski definition) is 0. The zero-order valence-electron chi connectivity index (χ0n) is 14.4. The summed E-state index contributed by atoms with van der Waals surface area (Å²) in [4.78, 5) is 19.7. The van der Waals surface area contributed by atoms with Crippen LogP contribution in [-0.2, 0) is 0 Å². The van der Waals surface area contributed by atoms with Gasteiger partial charge >= 0.3 is 0 Å². The van der Waals surface area contributed by atoms with Gasteiger partial charge in [-0.05, 0) is 36.4 Å². The van der Waals surface area contributed by atoms with Gasteiger partial charge in [-0.3, -0.25) is 4.79 Å². The second kappa shape index (κ2) is 7.29. The summed E-state index contributed by atoms with van der Waals surface area (Å²) >= 11 is 1.48. The SMILES string of the molecule is COc1cccc(-c2noc(C3CCN(C(=O)c4cccs4)CC3)n2)c1. The molecule has 3 heterocycles. The third-order valence-electron chi connectivity index (χ3n) is 4.63. The van der Waals surface area contributed by atoms with E-state index in [9.17, 15) is 4.79 Å². The van der Waals surface area contributed by atoms with Crippen LogP contribution in [0.25, 0.3) is 11.4 Å². The summed E-state index contributed by atoms with van der Waals surface area (Å²) in [7, 11) is 1.63. The van der Waals surface area contributed by atoms with Crippen molar-refractivity contribution < 1.29 is 14.1 Å². The first-order valence-corrected chi connectivity index (χ1v) is 9.43. The van der Waals surface area contributed by atoms with Gasteiger partial charge in [0.05, 0.1) is 12.0 Å². The van der Waals surface area contributed by atoms with Gasteiger partial charge in [-0.25, -0.2) is 0 Å². The Labute approximate surface area is 155 Å². The molecule has 0 radical (unpaired) electrons. The van der Waals surface area contributed by atoms with Crippen LogP contribution >= 0.6 is 11.3 Å². The van der Waals surface area contributed by atoms with E-state index in [0.29, 0.717) is 24.8 Å². The Balaban J connectivity index is 1.42. The normalized spacial score (nSPS) is 15.2. The highest BCUT2D eigenvalue weighted by Crippen LogP contribution is 2.30. The highest BCUT2D eigenvalue weighted by molar-refractivity contribution is 7.12. The summed E-state index contributed by atoms with van der Waals surface area (Å²) in [5.74, 6) is 2.27. The van der Waals surface area contributed by atoms with Crippen LogP contribution in [0.15, 0.2) is 46.3 Å². The summed E-state index contributed by atoms with van der Waals surface area (Å²) in [6.07, 6.45) is 1.66. The fraction of sp³-hybridized carbons (Fsp3) is 0.316. The highest BCUT2D eigenvalue weighted by Gasteiger charge is 2.28. The number of benzene rings is 1. The molecule has 7 heteroatoms. The van der Waals surface area contributed by atoms with Gasteiger partial charge in [0.1, 0.15) is 5.75 Å². The predicted molar refractivity (Wildman–Crippen MR) is 98.5 cm³/mol. The lowest BCUT2D eigenvalue weighted by molar-refractivity contribution is 0.0709. The zero-order valence-corrected chi connectivity index (χ0v) is 15.2. The summed E-state index contributed by atoms with van der Waals surface area (Å²) in [6, 6.07) is 11.4. The third-order valence-corrected chi connectivity index (χ3v) is 5.49. The van der Waals surface area contributed by atoms with Crippen molar-refractivity contribution in [1.29, 1.82) is 0 Å². The monoisotopic (exact) mass is 369 g/mol. The van der Waals surface area contributed by atoms with Crippen LogP contribution in [0.5, 0.6) is 5.75 Å². The predicted octanol–water partition coefficient (Wildman–Crippen LogP) is 3.83. The molecular weight excluding hydrogens is 350 g/mol. The molecule has 0 spiro atoms. The number of rotatable bonds is 4. The number of hydrogen-bond acceptors (Lipinski definition) is 6. The molecule has 2 aromatic heterocycles. The molecule has 0 aliphatic carbocycles. The van der Waals surface area contributed by atoms with E-state index in [2.05, 4.69) is 10.1 Å². The van der Waals surface area contributed by atoms with Gasteiger partial charge in [0.2, 0.25) is 11.7 Å². The Hall–Kier alpha value is -2.67. The third kappa shape index (κ3) is 3.35. The van der Waals surface area contributed by atoms with Crippen LogP contribution in [-0.4, -0.2) is 41.1 Å². The molecule has 1 aliphatic rings. The zero-order chi connectivity index (χ0) is 17.9. The van der Waals surface area contributed by atoms with Crippen LogP contribution < -0.4 is 4.74 Å². The lowest BCUT2D eigenvalue weighted by Gasteiger charge is -2.30. The Morgan fingerprint density at radius 1 is 1.27 bits per heavy atom. The Morgan fingerprint density at radius 3 is 2.85 bits per heavy atom. The number of carbonyl (C=O) groups is 1. The summed E-state index contributed by atoms with van der Waals surface area (Å²) in [5, 5.41) is 6.04. The minimum absolute atomic E-state index is 0.112. The van der Waals surface area contributed by atoms with E-state index in [4.69, 9.17) is 9.26 Å². The molecule has 0 saturated carbocycles. The van der Waals surface area contributed by atoms with E-state index in [1.54, 1.807) is 7.11 Å². The minimum atomic E-state index is 0.112. The average Bonchev–Trinajstić information content (AvgIpc) is 3.40. The molecule has 6 nitrogen and oxygen atoms in total. The van der Waals surface area contributed by atoms with Crippen molar-refractivity contribution in [2.24, 2.45) is 0 Å². The average molecular weight is 369 g/mol. The molecule has 0 N–H and O–H groups in total. The van der Waals surface area contributed by atoms with Gasteiger partial charge in [-0.15, -0.1) is 11.3 Å². The van der Waals surface area contributed by atoms with E-state index < -0.39 is 0 Å². The quantitative estimate of drug-likeness (QED) is 0.699. The fourth-order valence-electron chi connectivity index (χ4n) is 3.17. The largest absolute Gasteiger partial charge is 0.497 e. The molecule has 1 aliphatic heterocycles. The van der Waals surface area contributed by atoms with E-state index >= 15 is 0 Å². The lowest BCUT2D eigenvalue weighted by Crippen LogP contribution is -2.37. The smallest absolute Gasteiger partial charge is 0.263 e. The Bertz CT molecular complexity index is 883. The number of nitrogens with zero attached hydrogens (tertiary/aromatic N) is 3. The first kappa shape index (κ1) is 16.8. The number of aromatic nitrogens is 2. The van der Waals surface area contributed by atoms with Crippen molar-refractivity contribution >= 4 is 17.2 Å². The lowest BCUT2D eigenvalue weighted by atomic mass is 9.96. The first-order valence-electron chi connectivity index (χ1n) is 8.55. The maximum atomic E-state index is 12.4. The van der Waals surface area contributed by atoms with E-state index in [-0.39, 0.29) is 11.8 Å². The Morgan fingerprint density at radius 2 is 2.12 bits per heavy atom. The molecular formula is C19H19N3O3S. The molecule has 1 saturated heterocycles. The van der Waals surface area contributed by atoms with Crippen molar-refractivity contribution in [2.45, 2.75) is 18.8 Å². The molecule has 0 bridgehead atoms. The number of likely N-dealkylation sites (tertiary alicyclic amines) is 1. The summed E-state index contributed by atoms with van der Waals surface area (Å²) < 4.78 is 10.7. The standard InChI is InChI=1S/C19H19N3O3S/c1-24-15-5-2-4-14(12-15)17-20-18(25-21-17)13-7-9-22(10-8-13)19(23)16-6-3-11-26-16/h2-6,11-13H,7-10H2,1H3. The summed E-state index contributed by atoms with van der Waals surface area (Å²) in [5.41, 5.74) is 0.865. The van der Waals surface area contributed by atoms with Crippen LogP contribution in [0.4, 0.5) is 0 Å². The molecule has 134 valence electrons. The van der Waals surface area contributed by atoms with Gasteiger partial charge in [-0.2, -0.15) is 4.98 Å². The molecule has 1 amide bonds. The van der Waals surface area contributed by atoms with Crippen molar-refractivity contribution in [3.63, 3.8) is 0 Å². The first-order chi connectivity index (χ1) is 12.7. The van der Waals surface area contributed by atoms with Gasteiger partial charge in [0.15, 0.2) is 0 Å². The number of piperidine rings is 1. The number of methoxy groups -OCH3 is 1. The van der Waals surface area contributed by atoms with E-state index in [1.807, 2.05) is 46.7 Å². The van der Waals surface area contributed by atoms with Crippen molar-refractivity contribution in [3.05, 3.63) is 52.5 Å². The van der Waals surface area contributed by atoms with Crippen molar-refractivity contribution in [1.82, 2.24) is 15.0 Å². The second-order valence-electron chi connectivity index (χ2n) is 6.23. The summed E-state index contributed by atoms with van der Waals surface area (Å²) in [6.45, 7) is 1.41. The molecule has 1 fully saturated rings. The number of thiophene rings is 1. The molecule has 1 aromatic carbocycles. The molecule has 0 atom stereocenters. The van der Waals surface area contributed by atoms with E-state index in [1.165, 1.54) is 11.3 Å². The molecule has 0 unspecified atom stereocenters. The number of ether oxygens (including phenoxy) is 1. The van der Waals surface area contributed by atoms with Gasteiger partial charge in [0, 0.05) is 24.6 Å².